The molecule has 1 heterocycles. The van der Waals surface area contributed by atoms with E-state index in [9.17, 15) is 9.59 Å². The summed E-state index contributed by atoms with van der Waals surface area (Å²) >= 11 is 5.94. The topological polar surface area (TPSA) is 107 Å². The number of hydrogen-bond donors (Lipinski definition) is 4. The number of aromatic nitrogens is 2. The first kappa shape index (κ1) is 16.6. The molecule has 0 unspecified atom stereocenters. The van der Waals surface area contributed by atoms with Gasteiger partial charge in [-0.25, -0.2) is 9.78 Å². The summed E-state index contributed by atoms with van der Waals surface area (Å²) in [4.78, 5) is 30.4. The van der Waals surface area contributed by atoms with Crippen molar-refractivity contribution in [2.45, 2.75) is 38.3 Å². The van der Waals surface area contributed by atoms with Crippen molar-refractivity contribution in [3.05, 3.63) is 29.0 Å². The highest BCUT2D eigenvalue weighted by molar-refractivity contribution is 6.31. The zero-order valence-corrected chi connectivity index (χ0v) is 13.8. The highest BCUT2D eigenvalue weighted by Gasteiger charge is 2.26. The van der Waals surface area contributed by atoms with Crippen molar-refractivity contribution in [3.8, 4) is 0 Å². The van der Waals surface area contributed by atoms with Crippen molar-refractivity contribution in [2.24, 2.45) is 5.92 Å². The van der Waals surface area contributed by atoms with Gasteiger partial charge in [-0.3, -0.25) is 4.79 Å². The van der Waals surface area contributed by atoms with Gasteiger partial charge < -0.3 is 20.7 Å². The number of benzene rings is 1. The lowest BCUT2D eigenvalue weighted by atomic mass is 9.85. The third kappa shape index (κ3) is 3.97. The molecule has 1 aliphatic carbocycles. The molecule has 2 amide bonds. The number of carbonyl (C=O) groups is 2. The number of aromatic amines is 1. The number of nitrogens with one attached hydrogen (secondary N) is 3. The number of carboxylic acid groups (broad SMARTS) is 1. The van der Waals surface area contributed by atoms with Crippen LogP contribution in [0, 0.1) is 5.92 Å². The van der Waals surface area contributed by atoms with Crippen LogP contribution in [0.15, 0.2) is 18.2 Å². The Kier molecular flexibility index (Phi) is 4.89. The summed E-state index contributed by atoms with van der Waals surface area (Å²) in [6.07, 6.45) is 1.74. The number of amides is 2. The van der Waals surface area contributed by atoms with Gasteiger partial charge in [-0.2, -0.15) is 0 Å². The lowest BCUT2D eigenvalue weighted by Gasteiger charge is -2.27. The lowest BCUT2D eigenvalue weighted by Crippen LogP contribution is -2.40. The van der Waals surface area contributed by atoms with Crippen LogP contribution in [-0.4, -0.2) is 33.1 Å². The fourth-order valence-electron chi connectivity index (χ4n) is 3.11. The summed E-state index contributed by atoms with van der Waals surface area (Å²) < 4.78 is 0. The molecule has 7 nitrogen and oxygen atoms in total. The molecule has 0 radical (unpaired) electrons. The summed E-state index contributed by atoms with van der Waals surface area (Å²) in [6.45, 7) is 0.332. The van der Waals surface area contributed by atoms with Gasteiger partial charge in [0.25, 0.3) is 0 Å². The van der Waals surface area contributed by atoms with Gasteiger partial charge in [0.2, 0.25) is 5.91 Å². The maximum absolute atomic E-state index is 12.3. The van der Waals surface area contributed by atoms with E-state index in [0.29, 0.717) is 43.1 Å². The third-order valence-electron chi connectivity index (χ3n) is 4.35. The van der Waals surface area contributed by atoms with Gasteiger partial charge in [0.05, 0.1) is 17.6 Å². The third-order valence-corrected chi connectivity index (χ3v) is 4.58. The molecule has 0 atom stereocenters. The molecule has 1 aromatic heterocycles. The first-order valence-corrected chi connectivity index (χ1v) is 8.30. The van der Waals surface area contributed by atoms with Crippen molar-refractivity contribution < 1.29 is 14.7 Å². The van der Waals surface area contributed by atoms with E-state index < -0.39 is 6.09 Å². The minimum atomic E-state index is -1.01. The maximum atomic E-state index is 12.3. The van der Waals surface area contributed by atoms with Crippen LogP contribution in [0.5, 0.6) is 0 Å². The largest absolute Gasteiger partial charge is 0.465 e. The van der Waals surface area contributed by atoms with Gasteiger partial charge in [-0.05, 0) is 43.9 Å². The molecule has 0 spiro atoms. The summed E-state index contributed by atoms with van der Waals surface area (Å²) in [5.41, 5.74) is 1.65. The molecule has 8 heteroatoms. The fraction of sp³-hybridized carbons (Fsp3) is 0.438. The van der Waals surface area contributed by atoms with E-state index >= 15 is 0 Å². The second-order valence-corrected chi connectivity index (χ2v) is 6.50. The van der Waals surface area contributed by atoms with Crippen LogP contribution >= 0.6 is 11.6 Å². The van der Waals surface area contributed by atoms with Crippen molar-refractivity contribution in [3.63, 3.8) is 0 Å². The molecule has 1 fully saturated rings. The quantitative estimate of drug-likeness (QED) is 0.680. The Morgan fingerprint density at radius 2 is 2.04 bits per heavy atom. The van der Waals surface area contributed by atoms with Crippen LogP contribution in [0.3, 0.4) is 0 Å². The van der Waals surface area contributed by atoms with Crippen LogP contribution in [-0.2, 0) is 11.3 Å². The molecule has 2 aromatic rings. The molecule has 128 valence electrons. The minimum absolute atomic E-state index is 0.0118. The van der Waals surface area contributed by atoms with Gasteiger partial charge in [0, 0.05) is 17.0 Å². The maximum Gasteiger partial charge on any atom is 0.404 e. The number of hydrogen-bond acceptors (Lipinski definition) is 3. The molecule has 0 saturated heterocycles. The average Bonchev–Trinajstić information content (AvgIpc) is 2.94. The van der Waals surface area contributed by atoms with Gasteiger partial charge in [0.15, 0.2) is 0 Å². The van der Waals surface area contributed by atoms with E-state index in [-0.39, 0.29) is 17.9 Å². The van der Waals surface area contributed by atoms with Gasteiger partial charge in [0.1, 0.15) is 5.82 Å². The Morgan fingerprint density at radius 3 is 2.75 bits per heavy atom. The molecule has 0 aliphatic heterocycles. The molecular formula is C16H19ClN4O3. The van der Waals surface area contributed by atoms with E-state index in [1.807, 2.05) is 6.07 Å². The normalized spacial score (nSPS) is 20.7. The molecule has 1 saturated carbocycles. The van der Waals surface area contributed by atoms with Crippen LogP contribution in [0.2, 0.25) is 5.02 Å². The van der Waals surface area contributed by atoms with Crippen LogP contribution in [0.1, 0.15) is 31.5 Å². The van der Waals surface area contributed by atoms with Crippen molar-refractivity contribution >= 4 is 34.6 Å². The number of H-pyrrole nitrogens is 1. The first-order valence-electron chi connectivity index (χ1n) is 7.92. The number of rotatable bonds is 4. The predicted molar refractivity (Wildman–Crippen MR) is 89.9 cm³/mol. The molecule has 24 heavy (non-hydrogen) atoms. The number of imidazole rings is 1. The predicted octanol–water partition coefficient (Wildman–Crippen LogP) is 2.66. The van der Waals surface area contributed by atoms with Crippen LogP contribution in [0.4, 0.5) is 4.79 Å². The fourth-order valence-corrected chi connectivity index (χ4v) is 3.28. The van der Waals surface area contributed by atoms with E-state index in [2.05, 4.69) is 20.6 Å². The Bertz CT molecular complexity index is 753. The van der Waals surface area contributed by atoms with Gasteiger partial charge in [-0.15, -0.1) is 0 Å². The van der Waals surface area contributed by atoms with Crippen molar-refractivity contribution in [2.75, 3.05) is 0 Å². The Balaban J connectivity index is 1.51. The number of carbonyl (C=O) groups excluding carboxylic acids is 1. The zero-order valence-electron chi connectivity index (χ0n) is 13.0. The van der Waals surface area contributed by atoms with E-state index in [0.717, 1.165) is 11.0 Å². The molecule has 1 aliphatic rings. The highest BCUT2D eigenvalue weighted by atomic mass is 35.5. The smallest absolute Gasteiger partial charge is 0.404 e. The Hall–Kier alpha value is -2.28. The lowest BCUT2D eigenvalue weighted by molar-refractivity contribution is -0.126. The molecular weight excluding hydrogens is 332 g/mol. The molecule has 1 aromatic carbocycles. The first-order chi connectivity index (χ1) is 11.5. The van der Waals surface area contributed by atoms with Crippen molar-refractivity contribution in [1.29, 1.82) is 0 Å². The zero-order chi connectivity index (χ0) is 17.1. The molecule has 0 bridgehead atoms. The van der Waals surface area contributed by atoms with E-state index in [1.54, 1.807) is 12.1 Å². The van der Waals surface area contributed by atoms with Crippen LogP contribution in [0.25, 0.3) is 11.0 Å². The monoisotopic (exact) mass is 350 g/mol. The molecule has 4 N–H and O–H groups in total. The van der Waals surface area contributed by atoms with Gasteiger partial charge in [-0.1, -0.05) is 11.6 Å². The van der Waals surface area contributed by atoms with Gasteiger partial charge >= 0.3 is 6.09 Å². The number of halogens is 1. The number of nitrogens with zero attached hydrogens (tertiary/aromatic N) is 1. The average molecular weight is 351 g/mol. The van der Waals surface area contributed by atoms with E-state index in [4.69, 9.17) is 16.7 Å². The Morgan fingerprint density at radius 1 is 1.29 bits per heavy atom. The summed E-state index contributed by atoms with van der Waals surface area (Å²) in [5.74, 6) is 0.597. The summed E-state index contributed by atoms with van der Waals surface area (Å²) in [7, 11) is 0. The second-order valence-electron chi connectivity index (χ2n) is 6.06. The number of fused-ring (bicyclic) bond motifs is 1. The van der Waals surface area contributed by atoms with Crippen LogP contribution < -0.4 is 10.6 Å². The Labute approximate surface area is 143 Å². The summed E-state index contributed by atoms with van der Waals surface area (Å²) in [6, 6.07) is 5.35. The second kappa shape index (κ2) is 7.09. The SMILES string of the molecule is O=C(O)NC1CCC(C(=O)NCc2nc3ccc(Cl)cc3[nH]2)CC1. The van der Waals surface area contributed by atoms with E-state index in [1.165, 1.54) is 0 Å². The minimum Gasteiger partial charge on any atom is -0.465 e. The summed E-state index contributed by atoms with van der Waals surface area (Å²) in [5, 5.41) is 14.7. The molecule has 3 rings (SSSR count). The standard InChI is InChI=1S/C16H19ClN4O3/c17-10-3-6-12-13(7-10)21-14(20-12)8-18-15(22)9-1-4-11(5-2-9)19-16(23)24/h3,6-7,9,11,19H,1-2,4-5,8H2,(H,18,22)(H,20,21)(H,23,24). The highest BCUT2D eigenvalue weighted by Crippen LogP contribution is 2.24. The van der Waals surface area contributed by atoms with Crippen molar-refractivity contribution in [1.82, 2.24) is 20.6 Å².